The normalized spacial score (nSPS) is 12.5. The molecule has 0 bridgehead atoms. The molecule has 6 heteroatoms. The maximum absolute atomic E-state index is 12.9. The molecule has 0 aliphatic carbocycles. The highest BCUT2D eigenvalue weighted by molar-refractivity contribution is 5.71. The number of esters is 3. The van der Waals surface area contributed by atoms with Crippen molar-refractivity contribution in [3.63, 3.8) is 0 Å². The van der Waals surface area contributed by atoms with E-state index in [4.69, 9.17) is 14.2 Å². The van der Waals surface area contributed by atoms with Gasteiger partial charge < -0.3 is 14.2 Å². The maximum Gasteiger partial charge on any atom is 0.306 e. The lowest BCUT2D eigenvalue weighted by molar-refractivity contribution is -0.167. The zero-order valence-electron chi connectivity index (χ0n) is 48.4. The summed E-state index contributed by atoms with van der Waals surface area (Å²) in [5, 5.41) is 0. The molecule has 0 saturated carbocycles. The van der Waals surface area contributed by atoms with Gasteiger partial charge in [-0.05, 0) is 89.9 Å². The van der Waals surface area contributed by atoms with E-state index in [2.05, 4.69) is 93.7 Å². The summed E-state index contributed by atoms with van der Waals surface area (Å²) < 4.78 is 16.9. The quantitative estimate of drug-likeness (QED) is 0.0261. The van der Waals surface area contributed by atoms with Gasteiger partial charge in [0.05, 0.1) is 0 Å². The van der Waals surface area contributed by atoms with Gasteiger partial charge in [0.25, 0.3) is 0 Å². The maximum atomic E-state index is 12.9. The number of unbranched alkanes of at least 4 members (excludes halogenated alkanes) is 34. The molecule has 0 aromatic rings. The average Bonchev–Trinajstić information content (AvgIpc) is 3.39. The van der Waals surface area contributed by atoms with Crippen molar-refractivity contribution >= 4 is 17.9 Å². The zero-order valence-corrected chi connectivity index (χ0v) is 48.4. The smallest absolute Gasteiger partial charge is 0.306 e. The fourth-order valence-corrected chi connectivity index (χ4v) is 9.00. The summed E-state index contributed by atoms with van der Waals surface area (Å²) >= 11 is 0. The number of hydrogen-bond donors (Lipinski definition) is 0. The Morgan fingerprint density at radius 1 is 0.288 bits per heavy atom. The molecule has 0 aromatic carbocycles. The van der Waals surface area contributed by atoms with Gasteiger partial charge in [0.15, 0.2) is 6.10 Å². The summed E-state index contributed by atoms with van der Waals surface area (Å²) in [5.41, 5.74) is 0. The molecule has 0 heterocycles. The van der Waals surface area contributed by atoms with Crippen molar-refractivity contribution in [3.05, 3.63) is 72.9 Å². The molecule has 0 aliphatic rings. The Balaban J connectivity index is 4.42. The lowest BCUT2D eigenvalue weighted by Gasteiger charge is -2.18. The SMILES string of the molecule is CC/C=C\C/C=C\C/C=C\C/C=C\C/C=C\CCCCCC(=O)OC[C@H](COC(=O)CCCCCCCCCCCCCCCCCCC)OC(=O)CCCCCCCCCCC/C=C\CCCCCCCC. The van der Waals surface area contributed by atoms with Crippen molar-refractivity contribution in [2.45, 2.75) is 322 Å². The highest BCUT2D eigenvalue weighted by Crippen LogP contribution is 2.17. The molecule has 6 nitrogen and oxygen atoms in total. The Labute approximate surface area is 453 Å². The molecule has 0 rings (SSSR count). The van der Waals surface area contributed by atoms with Gasteiger partial charge in [0, 0.05) is 19.3 Å². The van der Waals surface area contributed by atoms with E-state index in [9.17, 15) is 14.4 Å². The largest absolute Gasteiger partial charge is 0.462 e. The average molecular weight is 1020 g/mol. The standard InChI is InChI=1S/C67H118O6/c1-4-7-10-13-16-19-22-25-28-31-33-36-39-42-45-48-51-54-57-60-66(69)72-63-64(62-71-65(68)59-56-53-50-47-44-41-38-35-30-27-24-21-18-15-12-9-6-3)73-67(70)61-58-55-52-49-46-43-40-37-34-32-29-26-23-20-17-14-11-8-5-2/h7,10,16,19,25-26,28-29,33,36,42,45,64H,4-6,8-9,11-15,17-18,20-24,27,30-32,34-35,37-41,43-44,46-63H2,1-3H3/b10-7-,19-16-,28-25-,29-26-,36-33-,45-42-/t64-/m0/s1. The van der Waals surface area contributed by atoms with Crippen LogP contribution in [0.2, 0.25) is 0 Å². The molecule has 422 valence electrons. The Hall–Kier alpha value is -3.15. The lowest BCUT2D eigenvalue weighted by atomic mass is 10.0. The predicted octanol–water partition coefficient (Wildman–Crippen LogP) is 21.3. The van der Waals surface area contributed by atoms with Gasteiger partial charge in [-0.25, -0.2) is 0 Å². The highest BCUT2D eigenvalue weighted by Gasteiger charge is 2.19. The zero-order chi connectivity index (χ0) is 52.9. The summed E-state index contributed by atoms with van der Waals surface area (Å²) in [5.74, 6) is -0.904. The number of allylic oxidation sites excluding steroid dienone is 12. The Bertz CT molecular complexity index is 1360. The van der Waals surface area contributed by atoms with Crippen LogP contribution in [0.4, 0.5) is 0 Å². The van der Waals surface area contributed by atoms with Crippen molar-refractivity contribution < 1.29 is 28.6 Å². The molecule has 0 N–H and O–H groups in total. The van der Waals surface area contributed by atoms with Crippen molar-refractivity contribution in [2.24, 2.45) is 0 Å². The van der Waals surface area contributed by atoms with Crippen molar-refractivity contribution in [2.75, 3.05) is 13.2 Å². The van der Waals surface area contributed by atoms with Gasteiger partial charge >= 0.3 is 17.9 Å². The second-order valence-corrected chi connectivity index (χ2v) is 20.9. The Kier molecular flexibility index (Phi) is 58.7. The van der Waals surface area contributed by atoms with Gasteiger partial charge in [-0.15, -0.1) is 0 Å². The molecule has 0 aliphatic heterocycles. The monoisotopic (exact) mass is 1020 g/mol. The fourth-order valence-electron chi connectivity index (χ4n) is 9.00. The Morgan fingerprint density at radius 2 is 0.534 bits per heavy atom. The molecular weight excluding hydrogens is 901 g/mol. The first-order valence-electron chi connectivity index (χ1n) is 31.4. The van der Waals surface area contributed by atoms with Crippen LogP contribution in [-0.2, 0) is 28.6 Å². The van der Waals surface area contributed by atoms with Crippen molar-refractivity contribution in [1.82, 2.24) is 0 Å². The van der Waals surface area contributed by atoms with Crippen molar-refractivity contribution in [3.8, 4) is 0 Å². The van der Waals surface area contributed by atoms with Crippen LogP contribution >= 0.6 is 0 Å². The molecule has 73 heavy (non-hydrogen) atoms. The lowest BCUT2D eigenvalue weighted by Crippen LogP contribution is -2.30. The first-order chi connectivity index (χ1) is 36.0. The van der Waals surface area contributed by atoms with Gasteiger partial charge in [0.2, 0.25) is 0 Å². The minimum absolute atomic E-state index is 0.0838. The molecule has 0 saturated heterocycles. The molecule has 1 atom stereocenters. The van der Waals surface area contributed by atoms with E-state index in [1.165, 1.54) is 180 Å². The van der Waals surface area contributed by atoms with Crippen LogP contribution in [0.1, 0.15) is 316 Å². The fraction of sp³-hybridized carbons (Fsp3) is 0.776. The molecule has 0 radical (unpaired) electrons. The summed E-state index contributed by atoms with van der Waals surface area (Å²) in [6.07, 6.45) is 79.0. The summed E-state index contributed by atoms with van der Waals surface area (Å²) in [6.45, 7) is 6.54. The minimum Gasteiger partial charge on any atom is -0.462 e. The second kappa shape index (κ2) is 61.4. The first-order valence-corrected chi connectivity index (χ1v) is 31.4. The van der Waals surface area contributed by atoms with Crippen LogP contribution in [0.15, 0.2) is 72.9 Å². The molecule has 0 unspecified atom stereocenters. The van der Waals surface area contributed by atoms with E-state index >= 15 is 0 Å². The third-order valence-corrected chi connectivity index (χ3v) is 13.7. The van der Waals surface area contributed by atoms with Gasteiger partial charge in [-0.1, -0.05) is 280 Å². The number of rotatable bonds is 57. The third-order valence-electron chi connectivity index (χ3n) is 13.7. The number of carbonyl (C=O) groups excluding carboxylic acids is 3. The van der Waals surface area contributed by atoms with Crippen LogP contribution in [0.5, 0.6) is 0 Å². The predicted molar refractivity (Wildman–Crippen MR) is 316 cm³/mol. The third kappa shape index (κ3) is 59.6. The van der Waals surface area contributed by atoms with E-state index in [-0.39, 0.29) is 31.1 Å². The van der Waals surface area contributed by atoms with Crippen LogP contribution < -0.4 is 0 Å². The highest BCUT2D eigenvalue weighted by atomic mass is 16.6. The number of hydrogen-bond acceptors (Lipinski definition) is 6. The summed E-state index contributed by atoms with van der Waals surface area (Å²) in [4.78, 5) is 38.3. The van der Waals surface area contributed by atoms with E-state index in [0.29, 0.717) is 19.3 Å². The topological polar surface area (TPSA) is 78.9 Å². The molecule has 0 spiro atoms. The molecule has 0 fully saturated rings. The molecule has 0 amide bonds. The molecular formula is C67H118O6. The number of ether oxygens (including phenoxy) is 3. The Morgan fingerprint density at radius 3 is 0.863 bits per heavy atom. The summed E-state index contributed by atoms with van der Waals surface area (Å²) in [7, 11) is 0. The van der Waals surface area contributed by atoms with Crippen LogP contribution in [-0.4, -0.2) is 37.2 Å². The van der Waals surface area contributed by atoms with Crippen LogP contribution in [0.3, 0.4) is 0 Å². The van der Waals surface area contributed by atoms with Crippen LogP contribution in [0.25, 0.3) is 0 Å². The van der Waals surface area contributed by atoms with Gasteiger partial charge in [0.1, 0.15) is 13.2 Å². The van der Waals surface area contributed by atoms with Crippen molar-refractivity contribution in [1.29, 1.82) is 0 Å². The van der Waals surface area contributed by atoms with E-state index < -0.39 is 6.10 Å². The second-order valence-electron chi connectivity index (χ2n) is 20.9. The summed E-state index contributed by atoms with van der Waals surface area (Å²) in [6, 6.07) is 0. The van der Waals surface area contributed by atoms with E-state index in [1.54, 1.807) is 0 Å². The van der Waals surface area contributed by atoms with E-state index in [1.807, 2.05) is 0 Å². The molecule has 0 aromatic heterocycles. The minimum atomic E-state index is -0.790. The number of carbonyl (C=O) groups is 3. The first kappa shape index (κ1) is 69.8. The van der Waals surface area contributed by atoms with Crippen LogP contribution in [0, 0.1) is 0 Å². The van der Waals surface area contributed by atoms with Gasteiger partial charge in [-0.2, -0.15) is 0 Å². The van der Waals surface area contributed by atoms with Gasteiger partial charge in [-0.3, -0.25) is 14.4 Å². The van der Waals surface area contributed by atoms with E-state index in [0.717, 1.165) is 96.3 Å².